The van der Waals surface area contributed by atoms with Crippen molar-refractivity contribution in [1.82, 2.24) is 14.1 Å². The van der Waals surface area contributed by atoms with Crippen LogP contribution in [0, 0.1) is 0 Å². The van der Waals surface area contributed by atoms with Crippen molar-refractivity contribution >= 4 is 27.9 Å². The van der Waals surface area contributed by atoms with Gasteiger partial charge in [-0.2, -0.15) is 4.31 Å². The Hall–Kier alpha value is -2.30. The van der Waals surface area contributed by atoms with E-state index < -0.39 is 27.9 Å². The van der Waals surface area contributed by atoms with Crippen LogP contribution in [-0.2, 0) is 30.9 Å². The smallest absolute Gasteiger partial charge is 0.334 e. The van der Waals surface area contributed by atoms with E-state index in [1.807, 2.05) is 0 Å². The summed E-state index contributed by atoms with van der Waals surface area (Å²) in [5.74, 6) is -1.82. The first-order chi connectivity index (χ1) is 11.8. The number of amides is 4. The number of sulfonamides is 1. The largest absolute Gasteiger partial charge is 0.379 e. The van der Waals surface area contributed by atoms with Crippen LogP contribution < -0.4 is 0 Å². The van der Waals surface area contributed by atoms with Crippen molar-refractivity contribution in [2.75, 3.05) is 33.4 Å². The minimum absolute atomic E-state index is 0.0747. The summed E-state index contributed by atoms with van der Waals surface area (Å²) < 4.78 is 31.8. The molecule has 2 aliphatic heterocycles. The third-order valence-electron chi connectivity index (χ3n) is 4.10. The summed E-state index contributed by atoms with van der Waals surface area (Å²) in [6, 6.07) is 5.28. The maximum absolute atomic E-state index is 12.7. The van der Waals surface area contributed by atoms with Gasteiger partial charge in [0.1, 0.15) is 0 Å². The molecule has 3 rings (SSSR count). The first-order valence-electron chi connectivity index (χ1n) is 7.62. The van der Waals surface area contributed by atoms with Gasteiger partial charge in [-0.1, -0.05) is 12.1 Å². The third kappa shape index (κ3) is 3.15. The summed E-state index contributed by atoms with van der Waals surface area (Å²) in [4.78, 5) is 36.9. The lowest BCUT2D eigenvalue weighted by Crippen LogP contribution is -2.40. The average molecular weight is 367 g/mol. The van der Waals surface area contributed by atoms with E-state index >= 15 is 0 Å². The molecule has 10 heteroatoms. The predicted molar refractivity (Wildman–Crippen MR) is 84.7 cm³/mol. The van der Waals surface area contributed by atoms with Crippen molar-refractivity contribution in [2.45, 2.75) is 11.4 Å². The van der Waals surface area contributed by atoms with Crippen molar-refractivity contribution in [3.05, 3.63) is 29.8 Å². The van der Waals surface area contributed by atoms with Gasteiger partial charge in [-0.05, 0) is 17.7 Å². The summed E-state index contributed by atoms with van der Waals surface area (Å²) >= 11 is 0. The van der Waals surface area contributed by atoms with Crippen molar-refractivity contribution in [3.8, 4) is 0 Å². The SMILES string of the molecule is CN1C(=O)C(=O)N(Cc2cccc(S(=O)(=O)N3CCOCC3)c2)C1=O. The summed E-state index contributed by atoms with van der Waals surface area (Å²) in [6.45, 7) is 1.05. The third-order valence-corrected chi connectivity index (χ3v) is 5.99. The Morgan fingerprint density at radius 3 is 2.36 bits per heavy atom. The molecular weight excluding hydrogens is 350 g/mol. The second-order valence-corrected chi connectivity index (χ2v) is 7.64. The lowest BCUT2D eigenvalue weighted by atomic mass is 10.2. The zero-order valence-electron chi connectivity index (χ0n) is 13.5. The molecule has 2 aliphatic rings. The maximum atomic E-state index is 12.7. The minimum atomic E-state index is -3.68. The number of urea groups is 1. The van der Waals surface area contributed by atoms with Crippen molar-refractivity contribution in [2.24, 2.45) is 0 Å². The quantitative estimate of drug-likeness (QED) is 0.531. The second kappa shape index (κ2) is 6.54. The number of nitrogens with zero attached hydrogens (tertiary/aromatic N) is 3. The molecule has 0 N–H and O–H groups in total. The van der Waals surface area contributed by atoms with Gasteiger partial charge in [0.15, 0.2) is 0 Å². The zero-order chi connectivity index (χ0) is 18.2. The van der Waals surface area contributed by atoms with Gasteiger partial charge in [-0.3, -0.25) is 19.4 Å². The Labute approximate surface area is 144 Å². The zero-order valence-corrected chi connectivity index (χ0v) is 14.4. The van der Waals surface area contributed by atoms with Crippen LogP contribution in [0.15, 0.2) is 29.2 Å². The molecular formula is C15H17N3O6S. The van der Waals surface area contributed by atoms with Crippen LogP contribution in [-0.4, -0.2) is 73.7 Å². The number of carbonyl (C=O) groups excluding carboxylic acids is 3. The number of carbonyl (C=O) groups is 3. The van der Waals surface area contributed by atoms with Gasteiger partial charge in [0.05, 0.1) is 24.7 Å². The molecule has 0 unspecified atom stereocenters. The maximum Gasteiger partial charge on any atom is 0.334 e. The van der Waals surface area contributed by atoms with Gasteiger partial charge in [-0.25, -0.2) is 13.2 Å². The monoisotopic (exact) mass is 367 g/mol. The van der Waals surface area contributed by atoms with Gasteiger partial charge in [-0.15, -0.1) is 0 Å². The molecule has 134 valence electrons. The molecule has 2 fully saturated rings. The Bertz CT molecular complexity index is 831. The molecule has 0 radical (unpaired) electrons. The number of hydrogen-bond acceptors (Lipinski definition) is 6. The number of hydrogen-bond donors (Lipinski definition) is 0. The van der Waals surface area contributed by atoms with Gasteiger partial charge < -0.3 is 4.74 Å². The fourth-order valence-electron chi connectivity index (χ4n) is 2.68. The topological polar surface area (TPSA) is 104 Å². The van der Waals surface area contributed by atoms with Crippen LogP contribution in [0.3, 0.4) is 0 Å². The number of ether oxygens (including phenoxy) is 1. The minimum Gasteiger partial charge on any atom is -0.379 e. The van der Waals surface area contributed by atoms with E-state index in [4.69, 9.17) is 4.74 Å². The average Bonchev–Trinajstić information content (AvgIpc) is 2.81. The highest BCUT2D eigenvalue weighted by Gasteiger charge is 2.42. The number of morpholine rings is 1. The molecule has 0 saturated carbocycles. The molecule has 1 aromatic carbocycles. The van der Waals surface area contributed by atoms with Crippen molar-refractivity contribution in [1.29, 1.82) is 0 Å². The van der Waals surface area contributed by atoms with Crippen molar-refractivity contribution < 1.29 is 27.5 Å². The molecule has 9 nitrogen and oxygen atoms in total. The van der Waals surface area contributed by atoms with Crippen LogP contribution in [0.1, 0.15) is 5.56 Å². The lowest BCUT2D eigenvalue weighted by molar-refractivity contribution is -0.143. The molecule has 0 aliphatic carbocycles. The second-order valence-electron chi connectivity index (χ2n) is 5.70. The van der Waals surface area contributed by atoms with Crippen LogP contribution in [0.25, 0.3) is 0 Å². The van der Waals surface area contributed by atoms with E-state index in [1.54, 1.807) is 12.1 Å². The first kappa shape index (κ1) is 17.5. The standard InChI is InChI=1S/C15H17N3O6S/c1-16-13(19)14(20)18(15(16)21)10-11-3-2-4-12(9-11)25(22,23)17-5-7-24-8-6-17/h2-4,9H,5-8,10H2,1H3. The van der Waals surface area contributed by atoms with E-state index in [0.29, 0.717) is 18.8 Å². The molecule has 25 heavy (non-hydrogen) atoms. The molecule has 4 amide bonds. The molecule has 1 aromatic rings. The molecule has 0 spiro atoms. The molecule has 0 atom stereocenters. The summed E-state index contributed by atoms with van der Waals surface area (Å²) in [5, 5.41) is 0. The Balaban J connectivity index is 1.84. The van der Waals surface area contributed by atoms with Crippen LogP contribution in [0.2, 0.25) is 0 Å². The Morgan fingerprint density at radius 2 is 1.76 bits per heavy atom. The fourth-order valence-corrected chi connectivity index (χ4v) is 4.15. The van der Waals surface area contributed by atoms with Crippen LogP contribution >= 0.6 is 0 Å². The summed E-state index contributed by atoms with van der Waals surface area (Å²) in [6.07, 6.45) is 0. The normalized spacial score (nSPS) is 19.8. The number of likely N-dealkylation sites (N-methyl/N-ethyl adjacent to an activating group) is 1. The first-order valence-corrected chi connectivity index (χ1v) is 9.07. The van der Waals surface area contributed by atoms with Crippen LogP contribution in [0.5, 0.6) is 0 Å². The summed E-state index contributed by atoms with van der Waals surface area (Å²) in [7, 11) is -2.46. The highest BCUT2D eigenvalue weighted by Crippen LogP contribution is 2.20. The Morgan fingerprint density at radius 1 is 1.08 bits per heavy atom. The summed E-state index contributed by atoms with van der Waals surface area (Å²) in [5.41, 5.74) is 0.444. The van der Waals surface area contributed by atoms with E-state index in [1.165, 1.54) is 23.5 Å². The highest BCUT2D eigenvalue weighted by atomic mass is 32.2. The molecule has 0 aromatic heterocycles. The van der Waals surface area contributed by atoms with E-state index in [9.17, 15) is 22.8 Å². The molecule has 0 bridgehead atoms. The van der Waals surface area contributed by atoms with Crippen molar-refractivity contribution in [3.63, 3.8) is 0 Å². The van der Waals surface area contributed by atoms with Gasteiger partial charge in [0, 0.05) is 20.1 Å². The number of rotatable bonds is 4. The van der Waals surface area contributed by atoms with E-state index in [2.05, 4.69) is 0 Å². The van der Waals surface area contributed by atoms with E-state index in [0.717, 1.165) is 9.80 Å². The highest BCUT2D eigenvalue weighted by molar-refractivity contribution is 7.89. The number of benzene rings is 1. The lowest BCUT2D eigenvalue weighted by Gasteiger charge is -2.26. The van der Waals surface area contributed by atoms with Crippen LogP contribution in [0.4, 0.5) is 4.79 Å². The van der Waals surface area contributed by atoms with E-state index in [-0.39, 0.29) is 24.5 Å². The Kier molecular flexibility index (Phi) is 4.58. The molecule has 2 saturated heterocycles. The number of imide groups is 2. The molecule has 2 heterocycles. The predicted octanol–water partition coefficient (Wildman–Crippen LogP) is -0.372. The fraction of sp³-hybridized carbons (Fsp3) is 0.400. The van der Waals surface area contributed by atoms with Gasteiger partial charge in [0.2, 0.25) is 10.0 Å². The van der Waals surface area contributed by atoms with Gasteiger partial charge >= 0.3 is 17.8 Å². The van der Waals surface area contributed by atoms with Gasteiger partial charge in [0.25, 0.3) is 0 Å².